The maximum atomic E-state index is 12.7. The molecule has 2 atom stereocenters. The molecule has 0 radical (unpaired) electrons. The molecule has 2 N–H and O–H groups in total. The van der Waals surface area contributed by atoms with Crippen molar-refractivity contribution < 1.29 is 13.2 Å². The predicted octanol–water partition coefficient (Wildman–Crippen LogP) is -0.435. The van der Waals surface area contributed by atoms with E-state index in [0.717, 1.165) is 11.4 Å². The first-order valence-electron chi connectivity index (χ1n) is 8.18. The second-order valence-corrected chi connectivity index (χ2v) is 8.78. The molecule has 2 aliphatic rings. The SMILES string of the molecule is Cc1[nH]cnc1CN1CCN(C(=O)c2ccn[nH]2)[C@H]2CS(=O)(=O)C[C@H]21. The summed E-state index contributed by atoms with van der Waals surface area (Å²) >= 11 is 0. The molecule has 2 saturated heterocycles. The van der Waals surface area contributed by atoms with Crippen LogP contribution in [-0.4, -0.2) is 81.0 Å². The first-order valence-corrected chi connectivity index (χ1v) is 10.0. The molecule has 0 spiro atoms. The normalized spacial score (nSPS) is 25.9. The summed E-state index contributed by atoms with van der Waals surface area (Å²) in [5.41, 5.74) is 2.28. The van der Waals surface area contributed by atoms with Gasteiger partial charge in [-0.15, -0.1) is 0 Å². The number of rotatable bonds is 3. The van der Waals surface area contributed by atoms with Gasteiger partial charge in [-0.1, -0.05) is 0 Å². The Hall–Kier alpha value is -2.20. The van der Waals surface area contributed by atoms with Gasteiger partial charge in [0.25, 0.3) is 5.91 Å². The van der Waals surface area contributed by atoms with Gasteiger partial charge in [0.05, 0.1) is 29.6 Å². The number of hydrogen-bond acceptors (Lipinski definition) is 6. The number of hydrogen-bond donors (Lipinski definition) is 2. The number of H-pyrrole nitrogens is 2. The Morgan fingerprint density at radius 1 is 1.32 bits per heavy atom. The van der Waals surface area contributed by atoms with Crippen LogP contribution in [0.5, 0.6) is 0 Å². The first-order chi connectivity index (χ1) is 11.9. The van der Waals surface area contributed by atoms with Crippen molar-refractivity contribution in [2.24, 2.45) is 0 Å². The number of carbonyl (C=O) groups is 1. The van der Waals surface area contributed by atoms with E-state index in [0.29, 0.717) is 25.3 Å². The number of aromatic amines is 2. The highest BCUT2D eigenvalue weighted by Crippen LogP contribution is 2.29. The lowest BCUT2D eigenvalue weighted by Crippen LogP contribution is -2.60. The minimum absolute atomic E-state index is 0.00753. The van der Waals surface area contributed by atoms with Crippen LogP contribution in [0.3, 0.4) is 0 Å². The van der Waals surface area contributed by atoms with Crippen LogP contribution >= 0.6 is 0 Å². The first kappa shape index (κ1) is 16.3. The number of piperazine rings is 1. The zero-order chi connectivity index (χ0) is 17.6. The smallest absolute Gasteiger partial charge is 0.272 e. The van der Waals surface area contributed by atoms with Gasteiger partial charge >= 0.3 is 0 Å². The summed E-state index contributed by atoms with van der Waals surface area (Å²) in [4.78, 5) is 23.9. The van der Waals surface area contributed by atoms with Crippen molar-refractivity contribution in [1.29, 1.82) is 0 Å². The number of nitrogens with one attached hydrogen (secondary N) is 2. The zero-order valence-corrected chi connectivity index (χ0v) is 14.7. The van der Waals surface area contributed by atoms with Crippen molar-refractivity contribution in [2.75, 3.05) is 24.6 Å². The molecule has 1 amide bonds. The van der Waals surface area contributed by atoms with Crippen molar-refractivity contribution in [2.45, 2.75) is 25.6 Å². The number of aryl methyl sites for hydroxylation is 1. The van der Waals surface area contributed by atoms with Crippen LogP contribution in [0, 0.1) is 6.92 Å². The monoisotopic (exact) mass is 364 g/mol. The van der Waals surface area contributed by atoms with E-state index in [-0.39, 0.29) is 29.5 Å². The number of fused-ring (bicyclic) bond motifs is 1. The Morgan fingerprint density at radius 2 is 2.12 bits per heavy atom. The van der Waals surface area contributed by atoms with Crippen molar-refractivity contribution in [3.05, 3.63) is 35.7 Å². The van der Waals surface area contributed by atoms with E-state index < -0.39 is 9.84 Å². The lowest BCUT2D eigenvalue weighted by molar-refractivity contribution is 0.0297. The average molecular weight is 364 g/mol. The lowest BCUT2D eigenvalue weighted by Gasteiger charge is -2.43. The Bertz CT molecular complexity index is 875. The van der Waals surface area contributed by atoms with Gasteiger partial charge in [0, 0.05) is 37.6 Å². The van der Waals surface area contributed by atoms with Crippen molar-refractivity contribution in [3.63, 3.8) is 0 Å². The highest BCUT2D eigenvalue weighted by Gasteiger charge is 2.48. The fourth-order valence-electron chi connectivity index (χ4n) is 3.74. The molecule has 4 rings (SSSR count). The molecular formula is C15H20N6O3S. The number of nitrogens with zero attached hydrogens (tertiary/aromatic N) is 4. The van der Waals surface area contributed by atoms with E-state index in [1.807, 2.05) is 6.92 Å². The molecule has 0 unspecified atom stereocenters. The van der Waals surface area contributed by atoms with Crippen LogP contribution in [0.25, 0.3) is 0 Å². The third kappa shape index (κ3) is 2.95. The summed E-state index contributed by atoms with van der Waals surface area (Å²) in [6.45, 7) is 3.63. The maximum absolute atomic E-state index is 12.7. The number of carbonyl (C=O) groups excluding carboxylic acids is 1. The summed E-state index contributed by atoms with van der Waals surface area (Å²) in [6, 6.07) is 1.07. The highest BCUT2D eigenvalue weighted by atomic mass is 32.2. The molecule has 0 bridgehead atoms. The van der Waals surface area contributed by atoms with Crippen LogP contribution in [0.2, 0.25) is 0 Å². The topological polar surface area (TPSA) is 115 Å². The molecule has 0 saturated carbocycles. The van der Waals surface area contributed by atoms with E-state index in [9.17, 15) is 13.2 Å². The molecule has 10 heteroatoms. The van der Waals surface area contributed by atoms with E-state index in [1.165, 1.54) is 6.20 Å². The lowest BCUT2D eigenvalue weighted by atomic mass is 10.0. The van der Waals surface area contributed by atoms with E-state index in [2.05, 4.69) is 25.1 Å². The summed E-state index contributed by atoms with van der Waals surface area (Å²) in [5.74, 6) is -0.109. The van der Waals surface area contributed by atoms with Gasteiger partial charge in [-0.2, -0.15) is 5.10 Å². The fourth-order valence-corrected chi connectivity index (χ4v) is 5.75. The predicted molar refractivity (Wildman–Crippen MR) is 89.6 cm³/mol. The minimum Gasteiger partial charge on any atom is -0.348 e. The molecule has 2 fully saturated rings. The Labute approximate surface area is 145 Å². The summed E-state index contributed by atoms with van der Waals surface area (Å²) in [7, 11) is -3.18. The number of imidazole rings is 1. The van der Waals surface area contributed by atoms with Crippen LogP contribution in [0.4, 0.5) is 0 Å². The van der Waals surface area contributed by atoms with E-state index in [4.69, 9.17) is 0 Å². The highest BCUT2D eigenvalue weighted by molar-refractivity contribution is 7.91. The van der Waals surface area contributed by atoms with Crippen molar-refractivity contribution in [3.8, 4) is 0 Å². The Kier molecular flexibility index (Phi) is 3.88. The summed E-state index contributed by atoms with van der Waals surface area (Å²) in [6.07, 6.45) is 3.16. The Morgan fingerprint density at radius 3 is 2.80 bits per heavy atom. The third-order valence-electron chi connectivity index (χ3n) is 5.07. The van der Waals surface area contributed by atoms with Crippen LogP contribution in [0.15, 0.2) is 18.6 Å². The van der Waals surface area contributed by atoms with E-state index >= 15 is 0 Å². The quantitative estimate of drug-likeness (QED) is 0.763. The molecular weight excluding hydrogens is 344 g/mol. The van der Waals surface area contributed by atoms with Gasteiger partial charge in [0.15, 0.2) is 9.84 Å². The van der Waals surface area contributed by atoms with Gasteiger partial charge < -0.3 is 9.88 Å². The largest absolute Gasteiger partial charge is 0.348 e. The summed E-state index contributed by atoms with van der Waals surface area (Å²) < 4.78 is 24.5. The van der Waals surface area contributed by atoms with Crippen LogP contribution < -0.4 is 0 Å². The minimum atomic E-state index is -3.18. The molecule has 2 aromatic rings. The maximum Gasteiger partial charge on any atom is 0.272 e. The second kappa shape index (κ2) is 5.95. The number of sulfone groups is 1. The van der Waals surface area contributed by atoms with Gasteiger partial charge in [-0.25, -0.2) is 13.4 Å². The molecule has 25 heavy (non-hydrogen) atoms. The van der Waals surface area contributed by atoms with Gasteiger partial charge in [-0.05, 0) is 13.0 Å². The standard InChI is InChI=1S/C15H20N6O3S/c1-10-12(17-9-16-10)6-20-4-5-21(15(22)11-2-3-18-19-11)14-8-25(23,24)7-13(14)20/h2-3,9,13-14H,4-8H2,1H3,(H,16,17)(H,18,19)/t13-,14+/m1/s1. The molecule has 2 aromatic heterocycles. The third-order valence-corrected chi connectivity index (χ3v) is 6.77. The van der Waals surface area contributed by atoms with Crippen molar-refractivity contribution in [1.82, 2.24) is 30.0 Å². The molecule has 9 nitrogen and oxygen atoms in total. The zero-order valence-electron chi connectivity index (χ0n) is 13.8. The molecule has 2 aliphatic heterocycles. The van der Waals surface area contributed by atoms with Gasteiger partial charge in [0.1, 0.15) is 5.69 Å². The van der Waals surface area contributed by atoms with Crippen molar-refractivity contribution >= 4 is 15.7 Å². The second-order valence-electron chi connectivity index (χ2n) is 6.63. The molecule has 4 heterocycles. The Balaban J connectivity index is 1.60. The fraction of sp³-hybridized carbons (Fsp3) is 0.533. The number of amides is 1. The van der Waals surface area contributed by atoms with Crippen LogP contribution in [-0.2, 0) is 16.4 Å². The molecule has 0 aromatic carbocycles. The number of aromatic nitrogens is 4. The summed E-state index contributed by atoms with van der Waals surface area (Å²) in [5, 5.41) is 6.49. The molecule has 134 valence electrons. The van der Waals surface area contributed by atoms with E-state index in [1.54, 1.807) is 17.3 Å². The molecule has 0 aliphatic carbocycles. The average Bonchev–Trinajstić information content (AvgIpc) is 3.27. The van der Waals surface area contributed by atoms with Crippen LogP contribution in [0.1, 0.15) is 21.9 Å². The van der Waals surface area contributed by atoms with Gasteiger partial charge in [0.2, 0.25) is 0 Å². The van der Waals surface area contributed by atoms with Gasteiger partial charge in [-0.3, -0.25) is 14.8 Å².